The number of piperidine rings is 1. The number of anilines is 1. The van der Waals surface area contributed by atoms with Crippen LogP contribution in [0.5, 0.6) is 5.88 Å². The van der Waals surface area contributed by atoms with E-state index in [0.29, 0.717) is 11.0 Å². The molecule has 2 aromatic heterocycles. The third kappa shape index (κ3) is 4.72. The van der Waals surface area contributed by atoms with Crippen molar-refractivity contribution < 1.29 is 9.53 Å². The molecular weight excluding hydrogens is 326 g/mol. The van der Waals surface area contributed by atoms with Gasteiger partial charge in [-0.05, 0) is 26.3 Å². The number of ether oxygens (including phenoxy) is 1. The number of aromatic nitrogens is 3. The molecule has 128 valence electrons. The Kier molecular flexibility index (Phi) is 5.37. The maximum absolute atomic E-state index is 11.1. The normalized spacial score (nSPS) is 18.3. The largest absolute Gasteiger partial charge is 0.473 e. The molecule has 0 unspecified atom stereocenters. The van der Waals surface area contributed by atoms with Crippen molar-refractivity contribution in [3.63, 3.8) is 0 Å². The average Bonchev–Trinajstić information content (AvgIpc) is 2.94. The number of nitrogens with zero attached hydrogens (tertiary/aromatic N) is 4. The maximum Gasteiger partial charge on any atom is 0.223 e. The number of carbonyl (C=O) groups excluding carboxylic acids is 1. The molecule has 8 heteroatoms. The van der Waals surface area contributed by atoms with Crippen LogP contribution in [0, 0.1) is 6.92 Å². The molecule has 1 aliphatic heterocycles. The Morgan fingerprint density at radius 2 is 2.33 bits per heavy atom. The molecule has 7 nitrogen and oxygen atoms in total. The lowest BCUT2D eigenvalue weighted by atomic mass is 10.1. The molecule has 0 spiro atoms. The van der Waals surface area contributed by atoms with Gasteiger partial charge in [0.05, 0.1) is 0 Å². The highest BCUT2D eigenvalue weighted by molar-refractivity contribution is 7.15. The van der Waals surface area contributed by atoms with E-state index in [1.807, 2.05) is 19.2 Å². The molecule has 1 fully saturated rings. The molecule has 1 aliphatic rings. The number of likely N-dealkylation sites (tertiary alicyclic amines) is 1. The third-order valence-electron chi connectivity index (χ3n) is 3.74. The van der Waals surface area contributed by atoms with Crippen molar-refractivity contribution in [2.45, 2.75) is 39.3 Å². The van der Waals surface area contributed by atoms with Crippen molar-refractivity contribution in [2.24, 2.45) is 0 Å². The molecule has 1 atom stereocenters. The van der Waals surface area contributed by atoms with Crippen LogP contribution >= 0.6 is 11.3 Å². The summed E-state index contributed by atoms with van der Waals surface area (Å²) in [6.07, 6.45) is 5.61. The molecular formula is C16H21N5O2S. The minimum Gasteiger partial charge on any atom is -0.473 e. The molecule has 1 N–H and O–H groups in total. The topological polar surface area (TPSA) is 80.2 Å². The molecule has 3 rings (SSSR count). The zero-order chi connectivity index (χ0) is 16.9. The Labute approximate surface area is 145 Å². The van der Waals surface area contributed by atoms with Gasteiger partial charge in [-0.25, -0.2) is 15.0 Å². The zero-order valence-electron chi connectivity index (χ0n) is 13.9. The third-order valence-corrected chi connectivity index (χ3v) is 4.64. The van der Waals surface area contributed by atoms with Crippen LogP contribution in [0.2, 0.25) is 0 Å². The number of hydrogen-bond donors (Lipinski definition) is 1. The number of aryl methyl sites for hydroxylation is 1. The first kappa shape index (κ1) is 16.8. The molecule has 0 saturated carbocycles. The van der Waals surface area contributed by atoms with Crippen molar-refractivity contribution in [3.05, 3.63) is 29.2 Å². The van der Waals surface area contributed by atoms with E-state index in [4.69, 9.17) is 4.74 Å². The lowest BCUT2D eigenvalue weighted by molar-refractivity contribution is -0.114. The fourth-order valence-electron chi connectivity index (χ4n) is 2.73. The van der Waals surface area contributed by atoms with Gasteiger partial charge in [0.15, 0.2) is 5.13 Å². The zero-order valence-corrected chi connectivity index (χ0v) is 14.7. The maximum atomic E-state index is 11.1. The minimum atomic E-state index is -0.0949. The van der Waals surface area contributed by atoms with E-state index < -0.39 is 0 Å². The van der Waals surface area contributed by atoms with Crippen LogP contribution in [0.4, 0.5) is 5.13 Å². The Morgan fingerprint density at radius 3 is 3.12 bits per heavy atom. The molecule has 0 aliphatic carbocycles. The molecule has 3 heterocycles. The number of thiazole rings is 1. The van der Waals surface area contributed by atoms with Gasteiger partial charge in [0.2, 0.25) is 11.8 Å². The molecule has 0 bridgehead atoms. The van der Waals surface area contributed by atoms with Crippen molar-refractivity contribution in [1.82, 2.24) is 19.9 Å². The van der Waals surface area contributed by atoms with Crippen molar-refractivity contribution >= 4 is 22.4 Å². The van der Waals surface area contributed by atoms with Crippen LogP contribution in [0.1, 0.15) is 30.3 Å². The standard InChI is InChI=1S/C16H21N5O2S/c1-11-6-15(19-10-18-11)23-13-4-3-5-21(8-13)9-14-7-17-16(24-14)20-12(2)22/h6-7,10,13H,3-5,8-9H2,1-2H3,(H,17,20,22)/t13-/m1/s1. The number of nitrogens with one attached hydrogen (secondary N) is 1. The predicted molar refractivity (Wildman–Crippen MR) is 92.1 cm³/mol. The van der Waals surface area contributed by atoms with Gasteiger partial charge in [-0.2, -0.15) is 0 Å². The molecule has 0 aromatic carbocycles. The highest BCUT2D eigenvalue weighted by atomic mass is 32.1. The van der Waals surface area contributed by atoms with Crippen LogP contribution in [0.15, 0.2) is 18.6 Å². The van der Waals surface area contributed by atoms with E-state index in [9.17, 15) is 4.79 Å². The summed E-state index contributed by atoms with van der Waals surface area (Å²) in [5.41, 5.74) is 0.905. The quantitative estimate of drug-likeness (QED) is 0.893. The summed E-state index contributed by atoms with van der Waals surface area (Å²) in [4.78, 5) is 27.1. The first-order valence-corrected chi connectivity index (χ1v) is 8.80. The summed E-state index contributed by atoms with van der Waals surface area (Å²) in [5.74, 6) is 0.544. The van der Waals surface area contributed by atoms with Gasteiger partial charge in [0.1, 0.15) is 12.4 Å². The van der Waals surface area contributed by atoms with Crippen LogP contribution in [-0.2, 0) is 11.3 Å². The fraction of sp³-hybridized carbons (Fsp3) is 0.500. The predicted octanol–water partition coefficient (Wildman–Crippen LogP) is 2.24. The highest BCUT2D eigenvalue weighted by Gasteiger charge is 2.22. The summed E-state index contributed by atoms with van der Waals surface area (Å²) in [7, 11) is 0. The Morgan fingerprint density at radius 1 is 1.46 bits per heavy atom. The second-order valence-electron chi connectivity index (χ2n) is 5.93. The van der Waals surface area contributed by atoms with Gasteiger partial charge < -0.3 is 10.1 Å². The van der Waals surface area contributed by atoms with E-state index >= 15 is 0 Å². The van der Waals surface area contributed by atoms with Gasteiger partial charge in [-0.15, -0.1) is 11.3 Å². The SMILES string of the molecule is CC(=O)Nc1ncc(CN2CCC[C@@H](Oc3cc(C)ncn3)C2)s1. The molecule has 2 aromatic rings. The lowest BCUT2D eigenvalue weighted by Gasteiger charge is -2.32. The monoisotopic (exact) mass is 347 g/mol. The van der Waals surface area contributed by atoms with Crippen LogP contribution < -0.4 is 10.1 Å². The summed E-state index contributed by atoms with van der Waals surface area (Å²) in [5, 5.41) is 3.37. The summed E-state index contributed by atoms with van der Waals surface area (Å²) < 4.78 is 6.00. The number of hydrogen-bond acceptors (Lipinski definition) is 7. The Hall–Kier alpha value is -2.06. The van der Waals surface area contributed by atoms with E-state index in [1.165, 1.54) is 24.6 Å². The Balaban J connectivity index is 1.55. The second-order valence-corrected chi connectivity index (χ2v) is 7.04. The van der Waals surface area contributed by atoms with Crippen molar-refractivity contribution in [2.75, 3.05) is 18.4 Å². The summed E-state index contributed by atoms with van der Waals surface area (Å²) >= 11 is 1.52. The Bertz CT molecular complexity index is 705. The van der Waals surface area contributed by atoms with Crippen LogP contribution in [-0.4, -0.2) is 45.0 Å². The molecule has 1 saturated heterocycles. The van der Waals surface area contributed by atoms with Gasteiger partial charge in [0.25, 0.3) is 0 Å². The van der Waals surface area contributed by atoms with Crippen LogP contribution in [0.3, 0.4) is 0 Å². The van der Waals surface area contributed by atoms with Crippen molar-refractivity contribution in [1.29, 1.82) is 0 Å². The fourth-order valence-corrected chi connectivity index (χ4v) is 3.63. The number of amides is 1. The smallest absolute Gasteiger partial charge is 0.223 e. The van der Waals surface area contributed by atoms with Gasteiger partial charge >= 0.3 is 0 Å². The van der Waals surface area contributed by atoms with E-state index in [-0.39, 0.29) is 12.0 Å². The first-order chi connectivity index (χ1) is 11.6. The van der Waals surface area contributed by atoms with Crippen molar-refractivity contribution in [3.8, 4) is 5.88 Å². The summed E-state index contributed by atoms with van der Waals surface area (Å²) in [6.45, 7) is 6.13. The number of rotatable bonds is 5. The summed E-state index contributed by atoms with van der Waals surface area (Å²) in [6, 6.07) is 1.86. The molecule has 0 radical (unpaired) electrons. The molecule has 1 amide bonds. The van der Waals surface area contributed by atoms with Gasteiger partial charge in [-0.3, -0.25) is 9.69 Å². The van der Waals surface area contributed by atoms with Crippen LogP contribution in [0.25, 0.3) is 0 Å². The second kappa shape index (κ2) is 7.67. The van der Waals surface area contributed by atoms with E-state index in [0.717, 1.165) is 43.0 Å². The van der Waals surface area contributed by atoms with E-state index in [1.54, 1.807) is 0 Å². The minimum absolute atomic E-state index is 0.0949. The van der Waals surface area contributed by atoms with E-state index in [2.05, 4.69) is 25.2 Å². The van der Waals surface area contributed by atoms with Gasteiger partial charge in [-0.1, -0.05) is 0 Å². The lowest BCUT2D eigenvalue weighted by Crippen LogP contribution is -2.40. The number of carbonyl (C=O) groups is 1. The molecule has 24 heavy (non-hydrogen) atoms. The van der Waals surface area contributed by atoms with Gasteiger partial charge in [0, 0.05) is 42.8 Å². The average molecular weight is 347 g/mol. The highest BCUT2D eigenvalue weighted by Crippen LogP contribution is 2.23. The first-order valence-electron chi connectivity index (χ1n) is 7.98.